The number of hydrogen-bond acceptors (Lipinski definition) is 2. The van der Waals surface area contributed by atoms with Gasteiger partial charge in [0, 0.05) is 0 Å². The zero-order valence-electron chi connectivity index (χ0n) is 11.1. The molecular weight excluding hydrogens is 269 g/mol. The second kappa shape index (κ2) is 5.83. The number of amides is 1. The van der Waals surface area contributed by atoms with Gasteiger partial charge in [0.25, 0.3) is 0 Å². The highest BCUT2D eigenvalue weighted by Crippen LogP contribution is 2.30. The summed E-state index contributed by atoms with van der Waals surface area (Å²) in [5, 5.41) is 5.80. The van der Waals surface area contributed by atoms with Gasteiger partial charge in [-0.2, -0.15) is 13.2 Å². The lowest BCUT2D eigenvalue weighted by Gasteiger charge is -2.18. The average molecular weight is 286 g/mol. The van der Waals surface area contributed by atoms with Crippen LogP contribution in [-0.2, 0) is 11.0 Å². The minimum Gasteiger partial charge on any atom is -0.348 e. The maximum atomic E-state index is 12.6. The third-order valence-electron chi connectivity index (χ3n) is 3.45. The molecule has 1 aromatic carbocycles. The van der Waals surface area contributed by atoms with Gasteiger partial charge in [-0.15, -0.1) is 0 Å². The van der Waals surface area contributed by atoms with Crippen LogP contribution in [0.5, 0.6) is 0 Å². The average Bonchev–Trinajstić information content (AvgIpc) is 2.91. The molecule has 1 aliphatic heterocycles. The number of carbonyl (C=O) groups is 1. The molecule has 6 heteroatoms. The van der Waals surface area contributed by atoms with E-state index in [-0.39, 0.29) is 11.9 Å². The molecule has 1 heterocycles. The zero-order chi connectivity index (χ0) is 14.8. The summed E-state index contributed by atoms with van der Waals surface area (Å²) in [6, 6.07) is 4.36. The van der Waals surface area contributed by atoms with Gasteiger partial charge in [0.2, 0.25) is 5.91 Å². The maximum Gasteiger partial charge on any atom is 0.416 e. The van der Waals surface area contributed by atoms with Gasteiger partial charge in [0.15, 0.2) is 0 Å². The van der Waals surface area contributed by atoms with Gasteiger partial charge in [0.1, 0.15) is 0 Å². The van der Waals surface area contributed by atoms with E-state index >= 15 is 0 Å². The monoisotopic (exact) mass is 286 g/mol. The highest BCUT2D eigenvalue weighted by molar-refractivity contribution is 5.82. The summed E-state index contributed by atoms with van der Waals surface area (Å²) >= 11 is 0. The Morgan fingerprint density at radius 3 is 2.80 bits per heavy atom. The Bertz CT molecular complexity index is 482. The summed E-state index contributed by atoms with van der Waals surface area (Å²) in [6.07, 6.45) is -2.66. The molecule has 1 fully saturated rings. The second-order valence-corrected chi connectivity index (χ2v) is 5.00. The number of halogens is 3. The van der Waals surface area contributed by atoms with Crippen molar-refractivity contribution in [3.05, 3.63) is 35.4 Å². The van der Waals surface area contributed by atoms with E-state index in [1.807, 2.05) is 0 Å². The van der Waals surface area contributed by atoms with Crippen LogP contribution >= 0.6 is 0 Å². The van der Waals surface area contributed by atoms with Crippen molar-refractivity contribution < 1.29 is 18.0 Å². The minimum atomic E-state index is -4.37. The van der Waals surface area contributed by atoms with Gasteiger partial charge in [-0.3, -0.25) is 4.79 Å². The van der Waals surface area contributed by atoms with Crippen LogP contribution < -0.4 is 10.6 Å². The predicted molar refractivity (Wildman–Crippen MR) is 69.0 cm³/mol. The molecular formula is C14H17F3N2O. The summed E-state index contributed by atoms with van der Waals surface area (Å²) in [4.78, 5) is 11.9. The topological polar surface area (TPSA) is 41.1 Å². The van der Waals surface area contributed by atoms with Crippen LogP contribution in [0.1, 0.15) is 36.9 Å². The molecule has 1 unspecified atom stereocenters. The van der Waals surface area contributed by atoms with E-state index in [1.54, 1.807) is 13.0 Å². The highest BCUT2D eigenvalue weighted by Gasteiger charge is 2.31. The summed E-state index contributed by atoms with van der Waals surface area (Å²) in [6.45, 7) is 2.48. The molecule has 0 bridgehead atoms. The highest BCUT2D eigenvalue weighted by atomic mass is 19.4. The first-order chi connectivity index (χ1) is 9.38. The van der Waals surface area contributed by atoms with E-state index in [0.29, 0.717) is 5.56 Å². The van der Waals surface area contributed by atoms with Crippen LogP contribution in [-0.4, -0.2) is 18.5 Å². The first kappa shape index (κ1) is 14.8. The molecule has 3 nitrogen and oxygen atoms in total. The van der Waals surface area contributed by atoms with E-state index in [2.05, 4.69) is 10.6 Å². The zero-order valence-corrected chi connectivity index (χ0v) is 11.1. The predicted octanol–water partition coefficient (Wildman–Crippen LogP) is 2.63. The third kappa shape index (κ3) is 3.50. The van der Waals surface area contributed by atoms with Gasteiger partial charge in [-0.05, 0) is 44.0 Å². The largest absolute Gasteiger partial charge is 0.416 e. The Morgan fingerprint density at radius 2 is 2.20 bits per heavy atom. The Labute approximate surface area is 115 Å². The van der Waals surface area contributed by atoms with E-state index in [1.165, 1.54) is 6.07 Å². The summed E-state index contributed by atoms with van der Waals surface area (Å²) in [7, 11) is 0. The molecule has 0 spiro atoms. The fraction of sp³-hybridized carbons (Fsp3) is 0.500. The normalized spacial score (nSPS) is 20.7. The summed E-state index contributed by atoms with van der Waals surface area (Å²) in [5.74, 6) is -0.160. The smallest absolute Gasteiger partial charge is 0.348 e. The molecule has 0 saturated carbocycles. The van der Waals surface area contributed by atoms with E-state index in [9.17, 15) is 18.0 Å². The summed E-state index contributed by atoms with van der Waals surface area (Å²) in [5.41, 5.74) is -0.249. The van der Waals surface area contributed by atoms with Crippen molar-refractivity contribution in [3.63, 3.8) is 0 Å². The lowest BCUT2D eigenvalue weighted by molar-refractivity contribution is -0.137. The Morgan fingerprint density at radius 1 is 1.45 bits per heavy atom. The first-order valence-electron chi connectivity index (χ1n) is 6.59. The Hall–Kier alpha value is -1.56. The SMILES string of the molecule is CC(NC(=O)[C@@H]1CCCN1)c1cccc(C(F)(F)F)c1. The van der Waals surface area contributed by atoms with Crippen LogP contribution in [0.4, 0.5) is 13.2 Å². The molecule has 0 radical (unpaired) electrons. The number of carbonyl (C=O) groups excluding carboxylic acids is 1. The van der Waals surface area contributed by atoms with Crippen molar-refractivity contribution in [2.24, 2.45) is 0 Å². The maximum absolute atomic E-state index is 12.6. The fourth-order valence-electron chi connectivity index (χ4n) is 2.29. The molecule has 20 heavy (non-hydrogen) atoms. The molecule has 2 atom stereocenters. The van der Waals surface area contributed by atoms with Gasteiger partial charge >= 0.3 is 6.18 Å². The fourth-order valence-corrected chi connectivity index (χ4v) is 2.29. The van der Waals surface area contributed by atoms with Gasteiger partial charge < -0.3 is 10.6 Å². The van der Waals surface area contributed by atoms with Crippen molar-refractivity contribution >= 4 is 5.91 Å². The Balaban J connectivity index is 2.05. The van der Waals surface area contributed by atoms with Gasteiger partial charge in [-0.25, -0.2) is 0 Å². The summed E-state index contributed by atoms with van der Waals surface area (Å²) < 4.78 is 37.9. The lowest BCUT2D eigenvalue weighted by Crippen LogP contribution is -2.41. The number of hydrogen-bond donors (Lipinski definition) is 2. The number of rotatable bonds is 3. The number of alkyl halides is 3. The standard InChI is InChI=1S/C14H17F3N2O/c1-9(19-13(20)12-6-3-7-18-12)10-4-2-5-11(8-10)14(15,16)17/h2,4-5,8-9,12,18H,3,6-7H2,1H3,(H,19,20)/t9?,12-/m0/s1. The van der Waals surface area contributed by atoms with Crippen LogP contribution in [0.3, 0.4) is 0 Å². The van der Waals surface area contributed by atoms with Crippen LogP contribution in [0.25, 0.3) is 0 Å². The molecule has 1 saturated heterocycles. The number of nitrogens with one attached hydrogen (secondary N) is 2. The van der Waals surface area contributed by atoms with E-state index in [4.69, 9.17) is 0 Å². The first-order valence-corrected chi connectivity index (χ1v) is 6.59. The minimum absolute atomic E-state index is 0.160. The van der Waals surface area contributed by atoms with Crippen LogP contribution in [0.15, 0.2) is 24.3 Å². The van der Waals surface area contributed by atoms with Gasteiger partial charge in [-0.1, -0.05) is 12.1 Å². The van der Waals surface area contributed by atoms with Crippen LogP contribution in [0.2, 0.25) is 0 Å². The lowest BCUT2D eigenvalue weighted by atomic mass is 10.0. The van der Waals surface area contributed by atoms with Crippen molar-refractivity contribution in [2.75, 3.05) is 6.54 Å². The van der Waals surface area contributed by atoms with Crippen molar-refractivity contribution in [2.45, 2.75) is 38.0 Å². The van der Waals surface area contributed by atoms with Gasteiger partial charge in [0.05, 0.1) is 17.6 Å². The molecule has 1 aliphatic rings. The molecule has 0 aromatic heterocycles. The van der Waals surface area contributed by atoms with Crippen molar-refractivity contribution in [1.29, 1.82) is 0 Å². The molecule has 1 amide bonds. The molecule has 2 rings (SSSR count). The van der Waals surface area contributed by atoms with Crippen molar-refractivity contribution in [3.8, 4) is 0 Å². The third-order valence-corrected chi connectivity index (χ3v) is 3.45. The molecule has 1 aromatic rings. The molecule has 0 aliphatic carbocycles. The van der Waals surface area contributed by atoms with Crippen LogP contribution in [0, 0.1) is 0 Å². The second-order valence-electron chi connectivity index (χ2n) is 5.00. The van der Waals surface area contributed by atoms with E-state index < -0.39 is 17.8 Å². The number of benzene rings is 1. The van der Waals surface area contributed by atoms with Crippen molar-refractivity contribution in [1.82, 2.24) is 10.6 Å². The van der Waals surface area contributed by atoms with E-state index in [0.717, 1.165) is 31.5 Å². The Kier molecular flexibility index (Phi) is 4.32. The molecule has 2 N–H and O–H groups in total. The molecule has 110 valence electrons. The quantitative estimate of drug-likeness (QED) is 0.897.